The lowest BCUT2D eigenvalue weighted by molar-refractivity contribution is 0.0782. The van der Waals surface area contributed by atoms with Gasteiger partial charge in [-0.05, 0) is 13.3 Å². The van der Waals surface area contributed by atoms with Crippen LogP contribution < -0.4 is 0 Å². The molecule has 2 aromatic heterocycles. The van der Waals surface area contributed by atoms with Gasteiger partial charge in [-0.25, -0.2) is 4.98 Å². The lowest BCUT2D eigenvalue weighted by Crippen LogP contribution is -2.27. The molecule has 7 heteroatoms. The first-order valence-corrected chi connectivity index (χ1v) is 7.80. The molecule has 3 heterocycles. The van der Waals surface area contributed by atoms with Crippen molar-refractivity contribution in [3.05, 3.63) is 33.5 Å². The third-order valence-corrected chi connectivity index (χ3v) is 4.47. The Kier molecular flexibility index (Phi) is 4.03. The van der Waals surface area contributed by atoms with Crippen LogP contribution in [0, 0.1) is 6.92 Å². The van der Waals surface area contributed by atoms with Crippen molar-refractivity contribution in [2.45, 2.75) is 25.8 Å². The second-order valence-corrected chi connectivity index (χ2v) is 6.34. The van der Waals surface area contributed by atoms with Crippen molar-refractivity contribution in [3.63, 3.8) is 0 Å². The van der Waals surface area contributed by atoms with Crippen LogP contribution in [0.5, 0.6) is 0 Å². The Hall–Kier alpha value is -1.73. The summed E-state index contributed by atoms with van der Waals surface area (Å²) in [5.74, 6) is 0.206. The molecule has 0 saturated carbocycles. The molecular formula is C14H18N4O2S. The number of amides is 1. The molecule has 1 fully saturated rings. The van der Waals surface area contributed by atoms with Crippen molar-refractivity contribution < 1.29 is 9.53 Å². The van der Waals surface area contributed by atoms with Crippen LogP contribution in [-0.4, -0.2) is 46.2 Å². The Morgan fingerprint density at radius 1 is 1.62 bits per heavy atom. The van der Waals surface area contributed by atoms with E-state index < -0.39 is 0 Å². The minimum Gasteiger partial charge on any atom is -0.381 e. The number of aromatic amines is 1. The highest BCUT2D eigenvalue weighted by Gasteiger charge is 2.26. The second kappa shape index (κ2) is 5.95. The van der Waals surface area contributed by atoms with Gasteiger partial charge in [0.05, 0.1) is 41.3 Å². The van der Waals surface area contributed by atoms with Crippen LogP contribution in [0.4, 0.5) is 0 Å². The van der Waals surface area contributed by atoms with Crippen molar-refractivity contribution in [2.75, 3.05) is 20.3 Å². The number of carbonyl (C=O) groups is 1. The molecular weight excluding hydrogens is 288 g/mol. The number of ether oxygens (including phenoxy) is 1. The predicted molar refractivity (Wildman–Crippen MR) is 79.4 cm³/mol. The molecule has 0 aliphatic carbocycles. The summed E-state index contributed by atoms with van der Waals surface area (Å²) < 4.78 is 5.39. The standard InChI is InChI=1S/C14H18N4O2S/c1-9-16-11(8-21-9)6-18(2)14(19)12-5-15-17-13(12)10-3-4-20-7-10/h5,8,10H,3-4,6-7H2,1-2H3,(H,15,17)/t10-/m0/s1. The van der Waals surface area contributed by atoms with E-state index in [9.17, 15) is 4.79 Å². The third-order valence-electron chi connectivity index (χ3n) is 3.65. The lowest BCUT2D eigenvalue weighted by atomic mass is 10.0. The largest absolute Gasteiger partial charge is 0.381 e. The zero-order valence-electron chi connectivity index (χ0n) is 12.1. The normalized spacial score (nSPS) is 18.1. The van der Waals surface area contributed by atoms with Gasteiger partial charge in [0.1, 0.15) is 0 Å². The van der Waals surface area contributed by atoms with Crippen LogP contribution in [0.25, 0.3) is 0 Å². The molecule has 21 heavy (non-hydrogen) atoms. The maximum absolute atomic E-state index is 12.6. The molecule has 0 radical (unpaired) electrons. The first-order valence-electron chi connectivity index (χ1n) is 6.92. The van der Waals surface area contributed by atoms with E-state index in [-0.39, 0.29) is 11.8 Å². The zero-order chi connectivity index (χ0) is 14.8. The highest BCUT2D eigenvalue weighted by atomic mass is 32.1. The molecule has 3 rings (SSSR count). The monoisotopic (exact) mass is 306 g/mol. The fraction of sp³-hybridized carbons (Fsp3) is 0.500. The van der Waals surface area contributed by atoms with Crippen LogP contribution in [-0.2, 0) is 11.3 Å². The van der Waals surface area contributed by atoms with Gasteiger partial charge in [0.25, 0.3) is 5.91 Å². The molecule has 0 spiro atoms. The van der Waals surface area contributed by atoms with Gasteiger partial charge in [0, 0.05) is 25.0 Å². The fourth-order valence-corrected chi connectivity index (χ4v) is 3.15. The van der Waals surface area contributed by atoms with Crippen LogP contribution in [0.1, 0.15) is 39.1 Å². The van der Waals surface area contributed by atoms with E-state index in [1.54, 1.807) is 29.5 Å². The molecule has 1 amide bonds. The van der Waals surface area contributed by atoms with Crippen molar-refractivity contribution >= 4 is 17.2 Å². The Morgan fingerprint density at radius 2 is 2.48 bits per heavy atom. The number of thiazole rings is 1. The van der Waals surface area contributed by atoms with Crippen LogP contribution in [0.3, 0.4) is 0 Å². The van der Waals surface area contributed by atoms with Gasteiger partial charge in [-0.3, -0.25) is 9.89 Å². The summed E-state index contributed by atoms with van der Waals surface area (Å²) >= 11 is 1.60. The zero-order valence-corrected chi connectivity index (χ0v) is 12.9. The molecule has 1 aliphatic heterocycles. The second-order valence-electron chi connectivity index (χ2n) is 5.28. The summed E-state index contributed by atoms with van der Waals surface area (Å²) in [4.78, 5) is 18.7. The number of aromatic nitrogens is 3. The van der Waals surface area contributed by atoms with Crippen molar-refractivity contribution in [2.24, 2.45) is 0 Å². The van der Waals surface area contributed by atoms with E-state index in [1.165, 1.54) is 0 Å². The number of carbonyl (C=O) groups excluding carboxylic acids is 1. The minimum atomic E-state index is -0.0312. The van der Waals surface area contributed by atoms with Crippen LogP contribution >= 0.6 is 11.3 Å². The van der Waals surface area contributed by atoms with Gasteiger partial charge in [-0.15, -0.1) is 11.3 Å². The van der Waals surface area contributed by atoms with Gasteiger partial charge < -0.3 is 9.64 Å². The average molecular weight is 306 g/mol. The molecule has 1 N–H and O–H groups in total. The van der Waals surface area contributed by atoms with E-state index in [0.29, 0.717) is 18.7 Å². The van der Waals surface area contributed by atoms with Crippen molar-refractivity contribution in [3.8, 4) is 0 Å². The van der Waals surface area contributed by atoms with Crippen molar-refractivity contribution in [1.82, 2.24) is 20.1 Å². The number of H-pyrrole nitrogens is 1. The first kappa shape index (κ1) is 14.2. The topological polar surface area (TPSA) is 71.1 Å². The maximum atomic E-state index is 12.6. The summed E-state index contributed by atoms with van der Waals surface area (Å²) in [6.45, 7) is 3.86. The first-order chi connectivity index (χ1) is 10.1. The number of hydrogen-bond donors (Lipinski definition) is 1. The number of nitrogens with one attached hydrogen (secondary N) is 1. The summed E-state index contributed by atoms with van der Waals surface area (Å²) in [5, 5.41) is 10.00. The van der Waals surface area contributed by atoms with Crippen LogP contribution in [0.2, 0.25) is 0 Å². The van der Waals surface area contributed by atoms with Gasteiger partial charge >= 0.3 is 0 Å². The van der Waals surface area contributed by atoms with Gasteiger partial charge in [-0.1, -0.05) is 0 Å². The summed E-state index contributed by atoms with van der Waals surface area (Å²) in [7, 11) is 1.79. The minimum absolute atomic E-state index is 0.0312. The molecule has 0 unspecified atom stereocenters. The highest BCUT2D eigenvalue weighted by molar-refractivity contribution is 7.09. The average Bonchev–Trinajstić information content (AvgIpc) is 3.18. The predicted octanol–water partition coefficient (Wildman–Crippen LogP) is 1.95. The van der Waals surface area contributed by atoms with E-state index in [2.05, 4.69) is 15.2 Å². The molecule has 1 saturated heterocycles. The molecule has 112 valence electrons. The Bertz CT molecular complexity index is 630. The van der Waals surface area contributed by atoms with E-state index in [4.69, 9.17) is 4.74 Å². The van der Waals surface area contributed by atoms with E-state index >= 15 is 0 Å². The molecule has 0 aromatic carbocycles. The summed E-state index contributed by atoms with van der Waals surface area (Å²) in [6.07, 6.45) is 2.54. The van der Waals surface area contributed by atoms with E-state index in [0.717, 1.165) is 29.4 Å². The molecule has 1 aliphatic rings. The van der Waals surface area contributed by atoms with Gasteiger partial charge in [0.2, 0.25) is 0 Å². The smallest absolute Gasteiger partial charge is 0.257 e. The number of hydrogen-bond acceptors (Lipinski definition) is 5. The molecule has 0 bridgehead atoms. The summed E-state index contributed by atoms with van der Waals surface area (Å²) in [5.41, 5.74) is 2.45. The Labute approximate surface area is 127 Å². The molecule has 1 atom stereocenters. The highest BCUT2D eigenvalue weighted by Crippen LogP contribution is 2.26. The van der Waals surface area contributed by atoms with Crippen molar-refractivity contribution in [1.29, 1.82) is 0 Å². The van der Waals surface area contributed by atoms with Crippen LogP contribution in [0.15, 0.2) is 11.6 Å². The number of aryl methyl sites for hydroxylation is 1. The number of rotatable bonds is 4. The Balaban J connectivity index is 1.74. The third kappa shape index (κ3) is 2.98. The molecule has 2 aromatic rings. The SMILES string of the molecule is Cc1nc(CN(C)C(=O)c2cn[nH]c2[C@H]2CCOC2)cs1. The van der Waals surface area contributed by atoms with Gasteiger partial charge in [-0.2, -0.15) is 5.10 Å². The fourth-order valence-electron chi connectivity index (χ4n) is 2.54. The molecule has 6 nitrogen and oxygen atoms in total. The number of nitrogens with zero attached hydrogens (tertiary/aromatic N) is 3. The Morgan fingerprint density at radius 3 is 3.14 bits per heavy atom. The van der Waals surface area contributed by atoms with E-state index in [1.807, 2.05) is 12.3 Å². The van der Waals surface area contributed by atoms with Gasteiger partial charge in [0.15, 0.2) is 0 Å². The maximum Gasteiger partial charge on any atom is 0.257 e. The quantitative estimate of drug-likeness (QED) is 0.937. The summed E-state index contributed by atoms with van der Waals surface area (Å²) in [6, 6.07) is 0. The lowest BCUT2D eigenvalue weighted by Gasteiger charge is -2.17.